The molecule has 0 unspecified atom stereocenters. The van der Waals surface area contributed by atoms with Crippen LogP contribution in [0.15, 0.2) is 41.8 Å². The summed E-state index contributed by atoms with van der Waals surface area (Å²) in [6.07, 6.45) is 2.93. The molecular formula is C13H13N5O2. The first-order valence-electron chi connectivity index (χ1n) is 5.78. The normalized spacial score (nSPS) is 11.2. The number of pyridine rings is 2. The van der Waals surface area contributed by atoms with Crippen molar-refractivity contribution >= 4 is 17.4 Å². The van der Waals surface area contributed by atoms with Gasteiger partial charge in [0.15, 0.2) is 5.84 Å². The molecule has 0 atom stereocenters. The van der Waals surface area contributed by atoms with E-state index in [1.54, 1.807) is 24.4 Å². The van der Waals surface area contributed by atoms with E-state index in [4.69, 9.17) is 10.9 Å². The molecule has 4 N–H and O–H groups in total. The standard InChI is InChI=1S/C13H13N5O2/c1-8-2-4-10(7-15-8)17-13(19)11-5-3-9(6-16-11)12(14)18-20/h2-7,20H,1H3,(H2,14,18)(H,17,19). The average molecular weight is 271 g/mol. The summed E-state index contributed by atoms with van der Waals surface area (Å²) in [4.78, 5) is 20.0. The van der Waals surface area contributed by atoms with E-state index in [1.807, 2.05) is 6.92 Å². The highest BCUT2D eigenvalue weighted by Crippen LogP contribution is 2.08. The molecule has 7 nitrogen and oxygen atoms in total. The molecule has 0 spiro atoms. The van der Waals surface area contributed by atoms with Crippen molar-refractivity contribution in [2.75, 3.05) is 5.32 Å². The lowest BCUT2D eigenvalue weighted by Gasteiger charge is -2.05. The summed E-state index contributed by atoms with van der Waals surface area (Å²) in [6.45, 7) is 1.86. The minimum atomic E-state index is -0.360. The van der Waals surface area contributed by atoms with Crippen LogP contribution in [0.4, 0.5) is 5.69 Å². The number of aromatic nitrogens is 2. The van der Waals surface area contributed by atoms with Crippen molar-refractivity contribution in [2.24, 2.45) is 10.9 Å². The van der Waals surface area contributed by atoms with Gasteiger partial charge in [0, 0.05) is 17.5 Å². The van der Waals surface area contributed by atoms with Gasteiger partial charge in [0.25, 0.3) is 5.91 Å². The molecule has 0 saturated carbocycles. The van der Waals surface area contributed by atoms with Gasteiger partial charge in [-0.05, 0) is 31.2 Å². The number of amidine groups is 1. The number of rotatable bonds is 3. The molecule has 0 radical (unpaired) electrons. The van der Waals surface area contributed by atoms with E-state index in [-0.39, 0.29) is 17.4 Å². The number of anilines is 1. The van der Waals surface area contributed by atoms with Crippen molar-refractivity contribution in [3.63, 3.8) is 0 Å². The Labute approximate surface area is 115 Å². The van der Waals surface area contributed by atoms with E-state index in [0.717, 1.165) is 5.69 Å². The first-order chi connectivity index (χ1) is 9.60. The third kappa shape index (κ3) is 3.08. The van der Waals surface area contributed by atoms with Crippen LogP contribution in [-0.2, 0) is 0 Å². The molecule has 2 rings (SSSR count). The highest BCUT2D eigenvalue weighted by Gasteiger charge is 2.08. The van der Waals surface area contributed by atoms with E-state index in [1.165, 1.54) is 12.3 Å². The Bertz CT molecular complexity index is 635. The van der Waals surface area contributed by atoms with Crippen LogP contribution in [0.3, 0.4) is 0 Å². The molecule has 0 fully saturated rings. The zero-order chi connectivity index (χ0) is 14.5. The zero-order valence-corrected chi connectivity index (χ0v) is 10.7. The van der Waals surface area contributed by atoms with E-state index in [2.05, 4.69) is 20.4 Å². The summed E-state index contributed by atoms with van der Waals surface area (Å²) in [7, 11) is 0. The average Bonchev–Trinajstić information content (AvgIpc) is 2.49. The molecule has 0 bridgehead atoms. The van der Waals surface area contributed by atoms with Gasteiger partial charge in [-0.25, -0.2) is 0 Å². The molecule has 2 heterocycles. The van der Waals surface area contributed by atoms with Crippen LogP contribution in [-0.4, -0.2) is 26.9 Å². The Morgan fingerprint density at radius 3 is 2.60 bits per heavy atom. The second-order valence-electron chi connectivity index (χ2n) is 4.06. The second-order valence-corrected chi connectivity index (χ2v) is 4.06. The summed E-state index contributed by atoms with van der Waals surface area (Å²) in [5, 5.41) is 14.1. The van der Waals surface area contributed by atoms with Gasteiger partial charge in [0.2, 0.25) is 0 Å². The van der Waals surface area contributed by atoms with Crippen LogP contribution >= 0.6 is 0 Å². The number of amides is 1. The van der Waals surface area contributed by atoms with Crippen molar-refractivity contribution in [1.82, 2.24) is 9.97 Å². The maximum atomic E-state index is 11.9. The lowest BCUT2D eigenvalue weighted by Crippen LogP contribution is -2.16. The number of oxime groups is 1. The van der Waals surface area contributed by atoms with Crippen LogP contribution in [0.25, 0.3) is 0 Å². The van der Waals surface area contributed by atoms with Crippen LogP contribution in [0.5, 0.6) is 0 Å². The lowest BCUT2D eigenvalue weighted by molar-refractivity contribution is 0.102. The minimum absolute atomic E-state index is 0.0628. The van der Waals surface area contributed by atoms with Crippen molar-refractivity contribution in [3.8, 4) is 0 Å². The predicted octanol–water partition coefficient (Wildman–Crippen LogP) is 1.13. The van der Waals surface area contributed by atoms with Crippen molar-refractivity contribution in [2.45, 2.75) is 6.92 Å². The van der Waals surface area contributed by atoms with Crippen LogP contribution in [0.1, 0.15) is 21.7 Å². The first-order valence-corrected chi connectivity index (χ1v) is 5.78. The Hall–Kier alpha value is -2.96. The molecule has 0 aliphatic rings. The summed E-state index contributed by atoms with van der Waals surface area (Å²) >= 11 is 0. The minimum Gasteiger partial charge on any atom is -0.409 e. The van der Waals surface area contributed by atoms with E-state index in [0.29, 0.717) is 11.3 Å². The monoisotopic (exact) mass is 271 g/mol. The van der Waals surface area contributed by atoms with Crippen LogP contribution in [0, 0.1) is 6.92 Å². The highest BCUT2D eigenvalue weighted by molar-refractivity contribution is 6.03. The molecule has 1 amide bonds. The molecule has 7 heteroatoms. The maximum absolute atomic E-state index is 11.9. The fourth-order valence-electron chi connectivity index (χ4n) is 1.47. The first kappa shape index (κ1) is 13.5. The highest BCUT2D eigenvalue weighted by atomic mass is 16.4. The topological polar surface area (TPSA) is 113 Å². The number of aryl methyl sites for hydroxylation is 1. The molecule has 102 valence electrons. The van der Waals surface area contributed by atoms with Crippen LogP contribution in [0.2, 0.25) is 0 Å². The summed E-state index contributed by atoms with van der Waals surface area (Å²) in [5.74, 6) is -0.422. The van der Waals surface area contributed by atoms with Crippen LogP contribution < -0.4 is 11.1 Å². The third-order valence-electron chi connectivity index (χ3n) is 2.57. The van der Waals surface area contributed by atoms with E-state index in [9.17, 15) is 4.79 Å². The number of nitrogens with two attached hydrogens (primary N) is 1. The fourth-order valence-corrected chi connectivity index (χ4v) is 1.47. The Morgan fingerprint density at radius 1 is 1.25 bits per heavy atom. The lowest BCUT2D eigenvalue weighted by atomic mass is 10.2. The number of carbonyl (C=O) groups is 1. The SMILES string of the molecule is Cc1ccc(NC(=O)c2ccc(/C(N)=N/O)cn2)cn1. The van der Waals surface area contributed by atoms with Gasteiger partial charge >= 0.3 is 0 Å². The number of hydrogen-bond acceptors (Lipinski definition) is 5. The molecule has 0 aromatic carbocycles. The van der Waals surface area contributed by atoms with Gasteiger partial charge in [-0.3, -0.25) is 14.8 Å². The summed E-state index contributed by atoms with van der Waals surface area (Å²) < 4.78 is 0. The quantitative estimate of drug-likeness (QED) is 0.335. The van der Waals surface area contributed by atoms with Gasteiger partial charge in [0.1, 0.15) is 5.69 Å². The number of hydrogen-bond donors (Lipinski definition) is 3. The molecule has 20 heavy (non-hydrogen) atoms. The predicted molar refractivity (Wildman–Crippen MR) is 73.7 cm³/mol. The summed E-state index contributed by atoms with van der Waals surface area (Å²) in [6, 6.07) is 6.59. The van der Waals surface area contributed by atoms with Gasteiger partial charge in [-0.1, -0.05) is 5.16 Å². The number of carbonyl (C=O) groups excluding carboxylic acids is 1. The largest absolute Gasteiger partial charge is 0.409 e. The van der Waals surface area contributed by atoms with E-state index < -0.39 is 0 Å². The molecule has 0 aliphatic heterocycles. The van der Waals surface area contributed by atoms with Crippen molar-refractivity contribution in [3.05, 3.63) is 53.6 Å². The number of nitrogens with zero attached hydrogens (tertiary/aromatic N) is 3. The van der Waals surface area contributed by atoms with Gasteiger partial charge in [0.05, 0.1) is 11.9 Å². The van der Waals surface area contributed by atoms with Crippen molar-refractivity contribution in [1.29, 1.82) is 0 Å². The third-order valence-corrected chi connectivity index (χ3v) is 2.57. The zero-order valence-electron chi connectivity index (χ0n) is 10.7. The Morgan fingerprint density at radius 2 is 2.05 bits per heavy atom. The Balaban J connectivity index is 2.11. The number of nitrogens with one attached hydrogen (secondary N) is 1. The molecule has 2 aromatic heterocycles. The Kier molecular flexibility index (Phi) is 3.90. The van der Waals surface area contributed by atoms with E-state index >= 15 is 0 Å². The van der Waals surface area contributed by atoms with Gasteiger partial charge in [-0.2, -0.15) is 0 Å². The molecule has 2 aromatic rings. The van der Waals surface area contributed by atoms with Crippen molar-refractivity contribution < 1.29 is 10.0 Å². The molecular weight excluding hydrogens is 258 g/mol. The van der Waals surface area contributed by atoms with Gasteiger partial charge in [-0.15, -0.1) is 0 Å². The summed E-state index contributed by atoms with van der Waals surface area (Å²) in [5.41, 5.74) is 7.51. The maximum Gasteiger partial charge on any atom is 0.274 e. The molecule has 0 saturated heterocycles. The molecule has 0 aliphatic carbocycles. The fraction of sp³-hybridized carbons (Fsp3) is 0.0769. The van der Waals surface area contributed by atoms with Gasteiger partial charge < -0.3 is 16.3 Å². The second kappa shape index (κ2) is 5.79. The smallest absolute Gasteiger partial charge is 0.274 e.